The highest BCUT2D eigenvalue weighted by atomic mass is 35.5. The number of amides is 1. The second-order valence-electron chi connectivity index (χ2n) is 10.4. The van der Waals surface area contributed by atoms with E-state index >= 15 is 0 Å². The summed E-state index contributed by atoms with van der Waals surface area (Å²) < 4.78 is 0. The van der Waals surface area contributed by atoms with Gasteiger partial charge >= 0.3 is 0 Å². The Morgan fingerprint density at radius 2 is 1.49 bits per heavy atom. The van der Waals surface area contributed by atoms with E-state index in [-0.39, 0.29) is 32.9 Å². The summed E-state index contributed by atoms with van der Waals surface area (Å²) in [5.74, 6) is -2.28. The summed E-state index contributed by atoms with van der Waals surface area (Å²) in [6, 6.07) is 24.7. The van der Waals surface area contributed by atoms with Crippen molar-refractivity contribution in [1.29, 1.82) is 0 Å². The van der Waals surface area contributed by atoms with E-state index in [4.69, 9.17) is 34.8 Å². The molecule has 1 spiro atoms. The summed E-state index contributed by atoms with van der Waals surface area (Å²) in [6.45, 7) is 0. The van der Waals surface area contributed by atoms with Crippen LogP contribution < -0.4 is 5.32 Å². The predicted molar refractivity (Wildman–Crippen MR) is 161 cm³/mol. The van der Waals surface area contributed by atoms with E-state index in [0.717, 1.165) is 11.1 Å². The lowest BCUT2D eigenvalue weighted by Crippen LogP contribution is -2.49. The highest BCUT2D eigenvalue weighted by Gasteiger charge is 2.70. The van der Waals surface area contributed by atoms with Crippen molar-refractivity contribution in [2.45, 2.75) is 17.5 Å². The first-order chi connectivity index (χ1) is 19.8. The van der Waals surface area contributed by atoms with E-state index in [1.165, 1.54) is 6.07 Å². The predicted octanol–water partition coefficient (Wildman–Crippen LogP) is 7.63. The van der Waals surface area contributed by atoms with Crippen molar-refractivity contribution in [1.82, 2.24) is 4.90 Å². The number of fused-ring (bicyclic) bond motifs is 6. The molecule has 0 aromatic heterocycles. The molecule has 4 atom stereocenters. The monoisotopic (exact) mass is 598 g/mol. The van der Waals surface area contributed by atoms with Crippen LogP contribution in [-0.2, 0) is 10.2 Å². The lowest BCUT2D eigenvalue weighted by atomic mass is 9.62. The van der Waals surface area contributed by atoms with Gasteiger partial charge in [0.2, 0.25) is 5.91 Å². The number of halogens is 3. The molecule has 5 nitrogen and oxygen atoms in total. The Labute approximate surface area is 251 Å². The van der Waals surface area contributed by atoms with Crippen LogP contribution in [-0.4, -0.2) is 28.4 Å². The Morgan fingerprint density at radius 1 is 0.780 bits per heavy atom. The number of Topliss-reactive ketones (excluding diaryl/α,β-unsaturated/α-hetero) is 2. The Morgan fingerprint density at radius 3 is 2.29 bits per heavy atom. The molecule has 1 N–H and O–H groups in total. The number of hydrogen-bond donors (Lipinski definition) is 1. The summed E-state index contributed by atoms with van der Waals surface area (Å²) in [6.07, 6.45) is 3.72. The third-order valence-electron chi connectivity index (χ3n) is 8.46. The number of ketones is 2. The molecule has 1 saturated heterocycles. The molecule has 4 aromatic rings. The smallest absolute Gasteiger partial charge is 0.238 e. The summed E-state index contributed by atoms with van der Waals surface area (Å²) >= 11 is 19.3. The van der Waals surface area contributed by atoms with Crippen molar-refractivity contribution in [2.75, 3.05) is 5.32 Å². The minimum Gasteiger partial charge on any atom is -0.358 e. The Balaban J connectivity index is 1.56. The molecule has 41 heavy (non-hydrogen) atoms. The van der Waals surface area contributed by atoms with Crippen LogP contribution in [0.2, 0.25) is 15.1 Å². The van der Waals surface area contributed by atoms with E-state index in [2.05, 4.69) is 5.32 Å². The Hall–Kier alpha value is -3.90. The normalized spacial score (nSPS) is 23.6. The number of carbonyl (C=O) groups excluding carboxylic acids is 3. The van der Waals surface area contributed by atoms with Gasteiger partial charge < -0.3 is 10.2 Å². The summed E-state index contributed by atoms with van der Waals surface area (Å²) in [7, 11) is 0. The van der Waals surface area contributed by atoms with Gasteiger partial charge in [-0.15, -0.1) is 0 Å². The molecule has 3 aliphatic rings. The maximum atomic E-state index is 14.8. The number of para-hydroxylation sites is 1. The van der Waals surface area contributed by atoms with Crippen LogP contribution in [0.15, 0.2) is 97.2 Å². The van der Waals surface area contributed by atoms with Crippen molar-refractivity contribution < 1.29 is 14.4 Å². The fourth-order valence-electron chi connectivity index (χ4n) is 6.84. The standard InChI is InChI=1S/C33H21Cl3N2O3/c34-19-13-14-22(25(36)17-19)30(40)28-27(29(39)21-9-3-5-11-24(21)35)33(23-10-4-6-12-26(23)37-32(33)41)31-20-8-2-1-7-18(20)15-16-38(28)31/h1-17,27-28,31H,(H,37,41)/t27-,28-,31+,33+/m0/s1. The van der Waals surface area contributed by atoms with Gasteiger partial charge in [-0.3, -0.25) is 14.4 Å². The molecule has 0 saturated carbocycles. The number of nitrogens with one attached hydrogen (secondary N) is 1. The minimum absolute atomic E-state index is 0.168. The largest absolute Gasteiger partial charge is 0.358 e. The second kappa shape index (κ2) is 9.59. The van der Waals surface area contributed by atoms with Crippen LogP contribution in [0.4, 0.5) is 5.69 Å². The van der Waals surface area contributed by atoms with Crippen LogP contribution >= 0.6 is 34.8 Å². The van der Waals surface area contributed by atoms with Crippen LogP contribution in [0, 0.1) is 5.92 Å². The number of anilines is 1. The van der Waals surface area contributed by atoms with Crippen molar-refractivity contribution >= 4 is 64.0 Å². The first kappa shape index (κ1) is 26.0. The van der Waals surface area contributed by atoms with Crippen LogP contribution in [0.5, 0.6) is 0 Å². The fraction of sp³-hybridized carbons (Fsp3) is 0.121. The molecule has 3 heterocycles. The molecule has 8 heteroatoms. The van der Waals surface area contributed by atoms with Gasteiger partial charge in [-0.1, -0.05) is 89.4 Å². The lowest BCUT2D eigenvalue weighted by molar-refractivity contribution is -0.122. The average molecular weight is 600 g/mol. The van der Waals surface area contributed by atoms with Gasteiger partial charge in [-0.05, 0) is 59.2 Å². The van der Waals surface area contributed by atoms with E-state index in [0.29, 0.717) is 16.3 Å². The van der Waals surface area contributed by atoms with Gasteiger partial charge in [0.1, 0.15) is 11.5 Å². The van der Waals surface area contributed by atoms with Crippen LogP contribution in [0.25, 0.3) is 6.08 Å². The number of benzene rings is 4. The number of rotatable bonds is 4. The van der Waals surface area contributed by atoms with E-state index in [1.54, 1.807) is 36.4 Å². The zero-order chi connectivity index (χ0) is 28.5. The molecule has 0 unspecified atom stereocenters. The highest BCUT2D eigenvalue weighted by molar-refractivity contribution is 6.37. The summed E-state index contributed by atoms with van der Waals surface area (Å²) in [4.78, 5) is 45.7. The molecule has 4 aromatic carbocycles. The Kier molecular flexibility index (Phi) is 6.09. The van der Waals surface area contributed by atoms with E-state index in [9.17, 15) is 14.4 Å². The Bertz CT molecular complexity index is 1820. The van der Waals surface area contributed by atoms with Gasteiger partial charge in [-0.25, -0.2) is 0 Å². The topological polar surface area (TPSA) is 66.5 Å². The lowest BCUT2D eigenvalue weighted by Gasteiger charge is -2.38. The third-order valence-corrected chi connectivity index (χ3v) is 9.33. The van der Waals surface area contributed by atoms with Crippen LogP contribution in [0.1, 0.15) is 43.4 Å². The SMILES string of the molecule is O=C(c1ccc(Cl)cc1Cl)[C@@H]1[C@@H](C(=O)c2ccccc2Cl)[C@@]2(C(=O)Nc3ccccc32)[C@H]2c3ccccc3C=CN12. The number of nitrogens with zero attached hydrogens (tertiary/aromatic N) is 1. The van der Waals surface area contributed by atoms with Crippen molar-refractivity contribution in [3.8, 4) is 0 Å². The molecular formula is C33H21Cl3N2O3. The van der Waals surface area contributed by atoms with Crippen LogP contribution in [0.3, 0.4) is 0 Å². The average Bonchev–Trinajstić information content (AvgIpc) is 3.45. The molecule has 1 amide bonds. The maximum Gasteiger partial charge on any atom is 0.238 e. The van der Waals surface area contributed by atoms with Gasteiger partial charge in [0, 0.05) is 28.0 Å². The van der Waals surface area contributed by atoms with Crippen molar-refractivity contribution in [3.63, 3.8) is 0 Å². The zero-order valence-corrected chi connectivity index (χ0v) is 23.6. The first-order valence-electron chi connectivity index (χ1n) is 13.1. The van der Waals surface area contributed by atoms with Gasteiger partial charge in [-0.2, -0.15) is 0 Å². The fourth-order valence-corrected chi connectivity index (χ4v) is 7.58. The maximum absolute atomic E-state index is 14.8. The molecule has 202 valence electrons. The first-order valence-corrected chi connectivity index (χ1v) is 14.2. The van der Waals surface area contributed by atoms with Gasteiger partial charge in [0.15, 0.2) is 11.6 Å². The highest BCUT2D eigenvalue weighted by Crippen LogP contribution is 2.62. The number of hydrogen-bond acceptors (Lipinski definition) is 4. The zero-order valence-electron chi connectivity index (χ0n) is 21.4. The number of carbonyl (C=O) groups is 3. The summed E-state index contributed by atoms with van der Waals surface area (Å²) in [5, 5.41) is 3.83. The molecule has 0 aliphatic carbocycles. The molecule has 3 aliphatic heterocycles. The van der Waals surface area contributed by atoms with E-state index in [1.807, 2.05) is 65.7 Å². The van der Waals surface area contributed by atoms with Gasteiger partial charge in [0.25, 0.3) is 0 Å². The minimum atomic E-state index is -1.45. The molecule has 7 rings (SSSR count). The third kappa shape index (κ3) is 3.66. The molecular weight excluding hydrogens is 579 g/mol. The second-order valence-corrected chi connectivity index (χ2v) is 11.7. The van der Waals surface area contributed by atoms with Gasteiger partial charge in [0.05, 0.1) is 22.0 Å². The van der Waals surface area contributed by atoms with E-state index < -0.39 is 29.2 Å². The van der Waals surface area contributed by atoms with Crippen molar-refractivity contribution in [3.05, 3.63) is 140 Å². The molecule has 0 bridgehead atoms. The quantitative estimate of drug-likeness (QED) is 0.245. The van der Waals surface area contributed by atoms with Crippen molar-refractivity contribution in [2.24, 2.45) is 5.92 Å². The molecule has 0 radical (unpaired) electrons. The molecule has 1 fully saturated rings. The summed E-state index contributed by atoms with van der Waals surface area (Å²) in [5.41, 5.74) is 2.03.